The molecule has 1 unspecified atom stereocenters. The van der Waals surface area contributed by atoms with E-state index >= 15 is 0 Å². The van der Waals surface area contributed by atoms with Gasteiger partial charge < -0.3 is 5.32 Å². The Bertz CT molecular complexity index is 951. The van der Waals surface area contributed by atoms with Gasteiger partial charge in [0.2, 0.25) is 0 Å². The third-order valence-corrected chi connectivity index (χ3v) is 4.13. The summed E-state index contributed by atoms with van der Waals surface area (Å²) in [4.78, 5) is 22.4. The van der Waals surface area contributed by atoms with Crippen LogP contribution in [-0.4, -0.2) is 20.5 Å². The van der Waals surface area contributed by atoms with E-state index in [0.717, 1.165) is 11.3 Å². The van der Waals surface area contributed by atoms with Crippen LogP contribution in [0.25, 0.3) is 5.69 Å². The van der Waals surface area contributed by atoms with Crippen LogP contribution in [0.3, 0.4) is 0 Å². The molecule has 1 heterocycles. The first kappa shape index (κ1) is 17.3. The van der Waals surface area contributed by atoms with Gasteiger partial charge in [0.15, 0.2) is 5.78 Å². The third kappa shape index (κ3) is 3.46. The van der Waals surface area contributed by atoms with Crippen molar-refractivity contribution in [2.75, 3.05) is 5.32 Å². The van der Waals surface area contributed by atoms with E-state index in [0.29, 0.717) is 11.3 Å². The number of carbonyl (C=O) groups is 1. The average Bonchev–Trinajstić information content (AvgIpc) is 3.16. The maximum absolute atomic E-state index is 11.5. The van der Waals surface area contributed by atoms with Crippen LogP contribution in [0.5, 0.6) is 0 Å². The topological polar surface area (TPSA) is 90.1 Å². The molecule has 1 N–H and O–H groups in total. The number of carbonyl (C=O) groups excluding carboxylic acids is 1. The van der Waals surface area contributed by atoms with Crippen LogP contribution in [0, 0.1) is 10.1 Å². The SMILES string of the molecule is CC(=O)c1ccc(NC(C)c2ccccc2-n2cccn2)c([N+](=O)[O-])c1. The number of nitrogens with zero attached hydrogens (tertiary/aromatic N) is 3. The van der Waals surface area contributed by atoms with Crippen LogP contribution in [0.1, 0.15) is 35.8 Å². The second-order valence-electron chi connectivity index (χ2n) is 5.92. The van der Waals surface area contributed by atoms with Gasteiger partial charge in [-0.25, -0.2) is 4.68 Å². The third-order valence-electron chi connectivity index (χ3n) is 4.13. The molecule has 0 amide bonds. The molecule has 0 spiro atoms. The summed E-state index contributed by atoms with van der Waals surface area (Å²) in [5.41, 5.74) is 2.39. The van der Waals surface area contributed by atoms with Gasteiger partial charge >= 0.3 is 0 Å². The number of para-hydroxylation sites is 1. The monoisotopic (exact) mass is 350 g/mol. The Kier molecular flexibility index (Phi) is 4.79. The molecule has 0 radical (unpaired) electrons. The molecule has 2 aromatic carbocycles. The highest BCUT2D eigenvalue weighted by Gasteiger charge is 2.19. The molecule has 0 aliphatic heterocycles. The molecular weight excluding hydrogens is 332 g/mol. The minimum absolute atomic E-state index is 0.124. The normalized spacial score (nSPS) is 11.8. The second-order valence-corrected chi connectivity index (χ2v) is 5.92. The summed E-state index contributed by atoms with van der Waals surface area (Å²) >= 11 is 0. The minimum atomic E-state index is -0.485. The lowest BCUT2D eigenvalue weighted by molar-refractivity contribution is -0.384. The number of Topliss-reactive ketones (excluding diaryl/α,β-unsaturated/α-hetero) is 1. The van der Waals surface area contributed by atoms with Crippen molar-refractivity contribution in [3.63, 3.8) is 0 Å². The zero-order valence-electron chi connectivity index (χ0n) is 14.4. The van der Waals surface area contributed by atoms with E-state index in [4.69, 9.17) is 0 Å². The van der Waals surface area contributed by atoms with Crippen molar-refractivity contribution >= 4 is 17.2 Å². The van der Waals surface area contributed by atoms with Crippen molar-refractivity contribution in [1.82, 2.24) is 9.78 Å². The van der Waals surface area contributed by atoms with Gasteiger partial charge in [0.05, 0.1) is 16.7 Å². The highest BCUT2D eigenvalue weighted by molar-refractivity contribution is 5.95. The predicted octanol–water partition coefficient (Wildman–Crippen LogP) is 4.16. The summed E-state index contributed by atoms with van der Waals surface area (Å²) in [6.07, 6.45) is 3.54. The van der Waals surface area contributed by atoms with Crippen molar-refractivity contribution in [3.05, 3.63) is 82.2 Å². The number of nitro benzene ring substituents is 1. The van der Waals surface area contributed by atoms with E-state index in [-0.39, 0.29) is 17.5 Å². The molecule has 1 aromatic heterocycles. The number of anilines is 1. The Morgan fingerprint density at radius 1 is 1.23 bits per heavy atom. The number of ketones is 1. The number of rotatable bonds is 6. The number of hydrogen-bond acceptors (Lipinski definition) is 5. The summed E-state index contributed by atoms with van der Waals surface area (Å²) in [5, 5.41) is 18.8. The minimum Gasteiger partial charge on any atom is -0.373 e. The fourth-order valence-electron chi connectivity index (χ4n) is 2.81. The Balaban J connectivity index is 1.95. The van der Waals surface area contributed by atoms with Gasteiger partial charge in [-0.15, -0.1) is 0 Å². The first-order valence-corrected chi connectivity index (χ1v) is 8.12. The highest BCUT2D eigenvalue weighted by Crippen LogP contribution is 2.31. The largest absolute Gasteiger partial charge is 0.373 e. The van der Waals surface area contributed by atoms with Crippen LogP contribution >= 0.6 is 0 Å². The van der Waals surface area contributed by atoms with Gasteiger partial charge in [0.25, 0.3) is 5.69 Å². The number of nitrogens with one attached hydrogen (secondary N) is 1. The number of benzene rings is 2. The Labute approximate surface area is 150 Å². The van der Waals surface area contributed by atoms with E-state index in [1.54, 1.807) is 23.0 Å². The maximum Gasteiger partial charge on any atom is 0.293 e. The van der Waals surface area contributed by atoms with Crippen molar-refractivity contribution in [2.24, 2.45) is 0 Å². The van der Waals surface area contributed by atoms with Gasteiger partial charge in [0, 0.05) is 24.0 Å². The van der Waals surface area contributed by atoms with E-state index < -0.39 is 4.92 Å². The lowest BCUT2D eigenvalue weighted by Gasteiger charge is -2.19. The van der Waals surface area contributed by atoms with Crippen LogP contribution in [0.15, 0.2) is 60.9 Å². The van der Waals surface area contributed by atoms with Crippen molar-refractivity contribution in [3.8, 4) is 5.69 Å². The number of hydrogen-bond donors (Lipinski definition) is 1. The maximum atomic E-state index is 11.5. The van der Waals surface area contributed by atoms with E-state index in [9.17, 15) is 14.9 Å². The van der Waals surface area contributed by atoms with E-state index in [1.807, 2.05) is 43.5 Å². The number of nitro groups is 1. The van der Waals surface area contributed by atoms with E-state index in [2.05, 4.69) is 10.4 Å². The average molecular weight is 350 g/mol. The molecule has 26 heavy (non-hydrogen) atoms. The summed E-state index contributed by atoms with van der Waals surface area (Å²) < 4.78 is 1.75. The zero-order valence-corrected chi connectivity index (χ0v) is 14.4. The summed E-state index contributed by atoms with van der Waals surface area (Å²) in [7, 11) is 0. The molecule has 132 valence electrons. The lowest BCUT2D eigenvalue weighted by atomic mass is 10.0. The van der Waals surface area contributed by atoms with Crippen molar-refractivity contribution in [2.45, 2.75) is 19.9 Å². The fourth-order valence-corrected chi connectivity index (χ4v) is 2.81. The molecule has 0 saturated heterocycles. The standard InChI is InChI=1S/C19H18N4O3/c1-13(16-6-3-4-7-18(16)22-11-5-10-20-22)21-17-9-8-15(14(2)24)12-19(17)23(25)26/h3-13,21H,1-2H3. The molecular formula is C19H18N4O3. The molecule has 0 aliphatic carbocycles. The molecule has 0 bridgehead atoms. The predicted molar refractivity (Wildman–Crippen MR) is 98.7 cm³/mol. The molecule has 3 aromatic rings. The molecule has 0 aliphatic rings. The van der Waals surface area contributed by atoms with Crippen molar-refractivity contribution < 1.29 is 9.72 Å². The van der Waals surface area contributed by atoms with Gasteiger partial charge in [-0.3, -0.25) is 14.9 Å². The Morgan fingerprint density at radius 2 is 2.00 bits per heavy atom. The molecule has 0 fully saturated rings. The highest BCUT2D eigenvalue weighted by atomic mass is 16.6. The Morgan fingerprint density at radius 3 is 2.65 bits per heavy atom. The first-order chi connectivity index (χ1) is 12.5. The quantitative estimate of drug-likeness (QED) is 0.410. The molecule has 7 heteroatoms. The van der Waals surface area contributed by atoms with Gasteiger partial charge in [-0.05, 0) is 43.7 Å². The van der Waals surface area contributed by atoms with Crippen LogP contribution in [0.2, 0.25) is 0 Å². The van der Waals surface area contributed by atoms with Gasteiger partial charge in [0.1, 0.15) is 5.69 Å². The van der Waals surface area contributed by atoms with Gasteiger partial charge in [-0.2, -0.15) is 5.10 Å². The molecule has 0 saturated carbocycles. The first-order valence-electron chi connectivity index (χ1n) is 8.12. The van der Waals surface area contributed by atoms with Crippen LogP contribution < -0.4 is 5.32 Å². The second kappa shape index (κ2) is 7.18. The number of aromatic nitrogens is 2. The summed E-state index contributed by atoms with van der Waals surface area (Å²) in [6, 6.07) is 13.8. The zero-order chi connectivity index (χ0) is 18.7. The Hall–Kier alpha value is -3.48. The lowest BCUT2D eigenvalue weighted by Crippen LogP contribution is -2.12. The summed E-state index contributed by atoms with van der Waals surface area (Å²) in [6.45, 7) is 3.31. The molecule has 1 atom stereocenters. The summed E-state index contributed by atoms with van der Waals surface area (Å²) in [5.74, 6) is -0.211. The van der Waals surface area contributed by atoms with Gasteiger partial charge in [-0.1, -0.05) is 18.2 Å². The van der Waals surface area contributed by atoms with Crippen LogP contribution in [0.4, 0.5) is 11.4 Å². The fraction of sp³-hybridized carbons (Fsp3) is 0.158. The van der Waals surface area contributed by atoms with E-state index in [1.165, 1.54) is 13.0 Å². The van der Waals surface area contributed by atoms with Crippen molar-refractivity contribution in [1.29, 1.82) is 0 Å². The van der Waals surface area contributed by atoms with Crippen LogP contribution in [-0.2, 0) is 0 Å². The molecule has 7 nitrogen and oxygen atoms in total. The smallest absolute Gasteiger partial charge is 0.293 e. The molecule has 3 rings (SSSR count).